The first-order valence-corrected chi connectivity index (χ1v) is 5.01. The summed E-state index contributed by atoms with van der Waals surface area (Å²) in [5.41, 5.74) is 0. The summed E-state index contributed by atoms with van der Waals surface area (Å²) < 4.78 is 0. The van der Waals surface area contributed by atoms with Gasteiger partial charge < -0.3 is 10.0 Å². The van der Waals surface area contributed by atoms with Crippen molar-refractivity contribution in [2.45, 2.75) is 19.4 Å². The highest BCUT2D eigenvalue weighted by Gasteiger charge is 2.35. The van der Waals surface area contributed by atoms with Gasteiger partial charge in [-0.2, -0.15) is 5.10 Å². The predicted octanol–water partition coefficient (Wildman–Crippen LogP) is -0.352. The van der Waals surface area contributed by atoms with E-state index in [2.05, 4.69) is 15.2 Å². The predicted molar refractivity (Wildman–Crippen MR) is 52.1 cm³/mol. The van der Waals surface area contributed by atoms with Crippen molar-refractivity contribution >= 4 is 5.91 Å². The van der Waals surface area contributed by atoms with Gasteiger partial charge in [-0.25, -0.2) is 4.98 Å². The molecule has 1 aliphatic heterocycles. The molecule has 0 aromatic carbocycles. The maximum atomic E-state index is 11.9. The van der Waals surface area contributed by atoms with E-state index in [1.807, 2.05) is 6.92 Å². The van der Waals surface area contributed by atoms with Crippen LogP contribution in [0.1, 0.15) is 24.0 Å². The molecule has 0 spiro atoms. The Kier molecular flexibility index (Phi) is 2.68. The fourth-order valence-corrected chi connectivity index (χ4v) is 1.98. The lowest BCUT2D eigenvalue weighted by atomic mass is 10.0. The number of nitrogens with zero attached hydrogens (tertiary/aromatic N) is 3. The molecule has 82 valence electrons. The molecule has 1 aromatic heterocycles. The summed E-state index contributed by atoms with van der Waals surface area (Å²) >= 11 is 0. The molecule has 1 aromatic rings. The van der Waals surface area contributed by atoms with E-state index in [0.717, 1.165) is 6.42 Å². The monoisotopic (exact) mass is 210 g/mol. The average Bonchev–Trinajstić information content (AvgIpc) is 2.85. The van der Waals surface area contributed by atoms with E-state index in [1.165, 1.54) is 6.33 Å². The van der Waals surface area contributed by atoms with E-state index in [1.54, 1.807) is 4.90 Å². The lowest BCUT2D eigenvalue weighted by Gasteiger charge is -2.23. The van der Waals surface area contributed by atoms with Crippen LogP contribution in [0.5, 0.6) is 0 Å². The van der Waals surface area contributed by atoms with Crippen molar-refractivity contribution in [3.63, 3.8) is 0 Å². The summed E-state index contributed by atoms with van der Waals surface area (Å²) in [6.07, 6.45) is 2.23. The number of nitrogens with one attached hydrogen (secondary N) is 1. The number of H-pyrrole nitrogens is 1. The second kappa shape index (κ2) is 3.98. The Morgan fingerprint density at radius 2 is 2.60 bits per heavy atom. The van der Waals surface area contributed by atoms with Crippen LogP contribution in [0.3, 0.4) is 0 Å². The minimum Gasteiger partial charge on any atom is -0.394 e. The Bertz CT molecular complexity index is 338. The molecule has 1 saturated heterocycles. The van der Waals surface area contributed by atoms with Crippen molar-refractivity contribution in [1.82, 2.24) is 20.1 Å². The normalized spacial score (nSPS) is 25.9. The maximum Gasteiger partial charge on any atom is 0.291 e. The summed E-state index contributed by atoms with van der Waals surface area (Å²) in [5, 5.41) is 15.4. The Hall–Kier alpha value is -1.43. The summed E-state index contributed by atoms with van der Waals surface area (Å²) in [5.74, 6) is 0.389. The number of hydrogen-bond acceptors (Lipinski definition) is 4. The van der Waals surface area contributed by atoms with Crippen molar-refractivity contribution in [2.75, 3.05) is 13.2 Å². The highest BCUT2D eigenvalue weighted by molar-refractivity contribution is 5.90. The minimum absolute atomic E-state index is 0.00104. The number of rotatable bonds is 2. The zero-order valence-electron chi connectivity index (χ0n) is 8.55. The van der Waals surface area contributed by atoms with Gasteiger partial charge in [0, 0.05) is 6.54 Å². The van der Waals surface area contributed by atoms with Crippen LogP contribution in [0, 0.1) is 5.92 Å². The van der Waals surface area contributed by atoms with Crippen molar-refractivity contribution in [3.05, 3.63) is 12.2 Å². The molecule has 6 nitrogen and oxygen atoms in total. The molecular weight excluding hydrogens is 196 g/mol. The van der Waals surface area contributed by atoms with Crippen LogP contribution in [0.15, 0.2) is 6.33 Å². The quantitative estimate of drug-likeness (QED) is 0.699. The van der Waals surface area contributed by atoms with Crippen LogP contribution in [-0.2, 0) is 0 Å². The van der Waals surface area contributed by atoms with E-state index in [9.17, 15) is 9.90 Å². The molecule has 1 aliphatic rings. The molecule has 2 atom stereocenters. The molecule has 1 fully saturated rings. The minimum atomic E-state index is -0.184. The first-order chi connectivity index (χ1) is 7.24. The van der Waals surface area contributed by atoms with Crippen LogP contribution in [0.25, 0.3) is 0 Å². The van der Waals surface area contributed by atoms with Crippen LogP contribution in [0.4, 0.5) is 0 Å². The SMILES string of the molecule is CC1CCN(C(=O)c2ncn[nH]2)C1CO. The van der Waals surface area contributed by atoms with Gasteiger partial charge in [0.1, 0.15) is 6.33 Å². The van der Waals surface area contributed by atoms with Gasteiger partial charge in [-0.15, -0.1) is 0 Å². The molecule has 0 saturated carbocycles. The van der Waals surface area contributed by atoms with Crippen molar-refractivity contribution in [3.8, 4) is 0 Å². The van der Waals surface area contributed by atoms with Crippen LogP contribution >= 0.6 is 0 Å². The molecule has 2 rings (SSSR count). The molecule has 2 heterocycles. The van der Waals surface area contributed by atoms with E-state index in [4.69, 9.17) is 0 Å². The van der Waals surface area contributed by atoms with E-state index in [-0.39, 0.29) is 24.4 Å². The van der Waals surface area contributed by atoms with Gasteiger partial charge in [-0.05, 0) is 12.3 Å². The molecular formula is C9H14N4O2. The number of carbonyl (C=O) groups is 1. The first-order valence-electron chi connectivity index (χ1n) is 5.01. The van der Waals surface area contributed by atoms with Gasteiger partial charge >= 0.3 is 0 Å². The lowest BCUT2D eigenvalue weighted by Crippen LogP contribution is -2.40. The van der Waals surface area contributed by atoms with Crippen molar-refractivity contribution in [2.24, 2.45) is 5.92 Å². The van der Waals surface area contributed by atoms with Crippen LogP contribution in [0.2, 0.25) is 0 Å². The third-order valence-corrected chi connectivity index (χ3v) is 2.95. The van der Waals surface area contributed by atoms with Crippen molar-refractivity contribution < 1.29 is 9.90 Å². The maximum absolute atomic E-state index is 11.9. The van der Waals surface area contributed by atoms with Crippen molar-refractivity contribution in [1.29, 1.82) is 0 Å². The average molecular weight is 210 g/mol. The second-order valence-electron chi connectivity index (χ2n) is 3.85. The zero-order valence-corrected chi connectivity index (χ0v) is 8.55. The number of aromatic amines is 1. The first kappa shape index (κ1) is 10.1. The molecule has 0 radical (unpaired) electrons. The third-order valence-electron chi connectivity index (χ3n) is 2.95. The van der Waals surface area contributed by atoms with Gasteiger partial charge in [0.25, 0.3) is 5.91 Å². The van der Waals surface area contributed by atoms with Gasteiger partial charge in [-0.1, -0.05) is 6.92 Å². The summed E-state index contributed by atoms with van der Waals surface area (Å²) in [7, 11) is 0. The van der Waals surface area contributed by atoms with E-state index < -0.39 is 0 Å². The van der Waals surface area contributed by atoms with Gasteiger partial charge in [0.15, 0.2) is 0 Å². The fourth-order valence-electron chi connectivity index (χ4n) is 1.98. The van der Waals surface area contributed by atoms with Crippen LogP contribution < -0.4 is 0 Å². The third kappa shape index (κ3) is 1.72. The molecule has 6 heteroatoms. The molecule has 1 amide bonds. The van der Waals surface area contributed by atoms with Gasteiger partial charge in [0.2, 0.25) is 5.82 Å². The molecule has 15 heavy (non-hydrogen) atoms. The Balaban J connectivity index is 2.14. The highest BCUT2D eigenvalue weighted by atomic mass is 16.3. The Morgan fingerprint density at radius 3 is 3.20 bits per heavy atom. The number of amides is 1. The lowest BCUT2D eigenvalue weighted by molar-refractivity contribution is 0.0636. The summed E-state index contributed by atoms with van der Waals surface area (Å²) in [4.78, 5) is 17.4. The highest BCUT2D eigenvalue weighted by Crippen LogP contribution is 2.24. The zero-order chi connectivity index (χ0) is 10.8. The van der Waals surface area contributed by atoms with E-state index >= 15 is 0 Å². The Morgan fingerprint density at radius 1 is 1.80 bits per heavy atom. The number of aliphatic hydroxyl groups excluding tert-OH is 1. The molecule has 2 N–H and O–H groups in total. The molecule has 0 bridgehead atoms. The largest absolute Gasteiger partial charge is 0.394 e. The topological polar surface area (TPSA) is 82.1 Å². The number of likely N-dealkylation sites (tertiary alicyclic amines) is 1. The Labute approximate surface area is 87.3 Å². The summed E-state index contributed by atoms with van der Waals surface area (Å²) in [6, 6.07) is -0.0948. The molecule has 0 aliphatic carbocycles. The number of aromatic nitrogens is 3. The standard InChI is InChI=1S/C9H14N4O2/c1-6-2-3-13(7(6)4-14)9(15)8-10-5-11-12-8/h5-7,14H,2-4H2,1H3,(H,10,11,12). The van der Waals surface area contributed by atoms with E-state index in [0.29, 0.717) is 12.5 Å². The molecule has 2 unspecified atom stereocenters. The van der Waals surface area contributed by atoms with Gasteiger partial charge in [-0.3, -0.25) is 9.89 Å². The fraction of sp³-hybridized carbons (Fsp3) is 0.667. The smallest absolute Gasteiger partial charge is 0.291 e. The number of aliphatic hydroxyl groups is 1. The number of hydrogen-bond donors (Lipinski definition) is 2. The number of carbonyl (C=O) groups excluding carboxylic acids is 1. The van der Waals surface area contributed by atoms with Gasteiger partial charge in [0.05, 0.1) is 12.6 Å². The van der Waals surface area contributed by atoms with Crippen LogP contribution in [-0.4, -0.2) is 50.3 Å². The second-order valence-corrected chi connectivity index (χ2v) is 3.85. The summed E-state index contributed by atoms with van der Waals surface area (Å²) in [6.45, 7) is 2.71.